The maximum Gasteiger partial charge on any atom is 0.185 e. The fourth-order valence-electron chi connectivity index (χ4n) is 3.74. The van der Waals surface area contributed by atoms with Gasteiger partial charge in [-0.15, -0.1) is 11.3 Å². The third-order valence-corrected chi connectivity index (χ3v) is 6.06. The summed E-state index contributed by atoms with van der Waals surface area (Å²) in [6.45, 7) is 5.45. The van der Waals surface area contributed by atoms with E-state index in [1.54, 1.807) is 0 Å². The van der Waals surface area contributed by atoms with Crippen LogP contribution in [0.4, 0.5) is 15.2 Å². The molecule has 2 fully saturated rings. The van der Waals surface area contributed by atoms with E-state index in [1.165, 1.54) is 41.4 Å². The molecule has 4 nitrogen and oxygen atoms in total. The lowest BCUT2D eigenvalue weighted by molar-refractivity contribution is 0.210. The van der Waals surface area contributed by atoms with Gasteiger partial charge >= 0.3 is 0 Å². The molecule has 2 aromatic rings. The van der Waals surface area contributed by atoms with Gasteiger partial charge in [-0.1, -0.05) is 0 Å². The molecule has 0 saturated carbocycles. The molecule has 0 radical (unpaired) electrons. The minimum absolute atomic E-state index is 0.185. The number of hydrogen-bond acceptors (Lipinski definition) is 5. The summed E-state index contributed by atoms with van der Waals surface area (Å²) < 4.78 is 13.0. The fourth-order valence-corrected chi connectivity index (χ4v) is 4.75. The van der Waals surface area contributed by atoms with E-state index in [9.17, 15) is 4.39 Å². The number of likely N-dealkylation sites (tertiary alicyclic amines) is 1. The van der Waals surface area contributed by atoms with E-state index in [1.807, 2.05) is 23.5 Å². The van der Waals surface area contributed by atoms with Crippen LogP contribution in [0, 0.1) is 5.82 Å². The van der Waals surface area contributed by atoms with E-state index in [2.05, 4.69) is 26.3 Å². The van der Waals surface area contributed by atoms with E-state index >= 15 is 0 Å². The van der Waals surface area contributed by atoms with E-state index in [4.69, 9.17) is 0 Å². The van der Waals surface area contributed by atoms with Gasteiger partial charge in [0.15, 0.2) is 5.13 Å². The van der Waals surface area contributed by atoms with Crippen molar-refractivity contribution < 1.29 is 4.39 Å². The lowest BCUT2D eigenvalue weighted by Gasteiger charge is -2.33. The van der Waals surface area contributed by atoms with Crippen molar-refractivity contribution in [2.75, 3.05) is 36.4 Å². The van der Waals surface area contributed by atoms with Crippen LogP contribution in [0.1, 0.15) is 30.6 Å². The summed E-state index contributed by atoms with van der Waals surface area (Å²) in [4.78, 5) is 10.9. The number of halogens is 1. The topological polar surface area (TPSA) is 31.4 Å². The predicted molar refractivity (Wildman–Crippen MR) is 102 cm³/mol. The van der Waals surface area contributed by atoms with Gasteiger partial charge in [0.05, 0.1) is 0 Å². The van der Waals surface area contributed by atoms with E-state index in [0.717, 1.165) is 44.8 Å². The highest BCUT2D eigenvalue weighted by molar-refractivity contribution is 7.15. The second kappa shape index (κ2) is 7.70. The van der Waals surface area contributed by atoms with Gasteiger partial charge in [0, 0.05) is 49.0 Å². The summed E-state index contributed by atoms with van der Waals surface area (Å²) in [6, 6.07) is 7.09. The lowest BCUT2D eigenvalue weighted by atomic mass is 10.1. The molecular weight excluding hydrogens is 335 g/mol. The Bertz CT molecular complexity index is 681. The molecule has 1 aromatic carbocycles. The minimum Gasteiger partial charge on any atom is -0.381 e. The van der Waals surface area contributed by atoms with Crippen LogP contribution in [0.3, 0.4) is 0 Å². The molecule has 134 valence electrons. The Morgan fingerprint density at radius 3 is 2.72 bits per heavy atom. The molecule has 0 spiro atoms. The van der Waals surface area contributed by atoms with Crippen LogP contribution in [-0.2, 0) is 6.54 Å². The highest BCUT2D eigenvalue weighted by atomic mass is 32.1. The Kier molecular flexibility index (Phi) is 5.17. The van der Waals surface area contributed by atoms with Crippen LogP contribution in [0.15, 0.2) is 30.5 Å². The maximum atomic E-state index is 13.0. The molecule has 2 aliphatic heterocycles. The number of nitrogens with one attached hydrogen (secondary N) is 1. The van der Waals surface area contributed by atoms with Crippen molar-refractivity contribution in [1.29, 1.82) is 0 Å². The zero-order valence-electron chi connectivity index (χ0n) is 14.5. The van der Waals surface area contributed by atoms with Crippen LogP contribution in [0.2, 0.25) is 0 Å². The van der Waals surface area contributed by atoms with Crippen molar-refractivity contribution in [1.82, 2.24) is 9.88 Å². The van der Waals surface area contributed by atoms with E-state index < -0.39 is 0 Å². The third kappa shape index (κ3) is 4.30. The van der Waals surface area contributed by atoms with Gasteiger partial charge in [-0.3, -0.25) is 4.90 Å². The first-order valence-corrected chi connectivity index (χ1v) is 10.0. The molecule has 1 unspecified atom stereocenters. The van der Waals surface area contributed by atoms with Crippen LogP contribution >= 0.6 is 11.3 Å². The molecule has 1 N–H and O–H groups in total. The van der Waals surface area contributed by atoms with Gasteiger partial charge in [0.2, 0.25) is 0 Å². The number of hydrogen-bond donors (Lipinski definition) is 1. The standard InChI is InChI=1S/C19H25FN4S/c20-15-5-7-16(8-6-15)22-17-4-3-9-23(13-17)14-18-12-21-19(25-18)24-10-1-2-11-24/h5-8,12,17,22H,1-4,9-11,13-14H2. The van der Waals surface area contributed by atoms with Crippen LogP contribution in [0.25, 0.3) is 0 Å². The summed E-state index contributed by atoms with van der Waals surface area (Å²) >= 11 is 1.84. The predicted octanol–water partition coefficient (Wildman–Crippen LogP) is 3.96. The number of anilines is 2. The summed E-state index contributed by atoms with van der Waals surface area (Å²) in [7, 11) is 0. The SMILES string of the molecule is Fc1ccc(NC2CCCN(Cc3cnc(N4CCCC4)s3)C2)cc1. The highest BCUT2D eigenvalue weighted by Gasteiger charge is 2.21. The van der Waals surface area contributed by atoms with E-state index in [0.29, 0.717) is 6.04 Å². The molecule has 6 heteroatoms. The first kappa shape index (κ1) is 16.8. The van der Waals surface area contributed by atoms with Gasteiger partial charge < -0.3 is 10.2 Å². The normalized spacial score (nSPS) is 21.6. The average Bonchev–Trinajstić information content (AvgIpc) is 3.29. The second-order valence-electron chi connectivity index (χ2n) is 7.03. The number of rotatable bonds is 5. The second-order valence-corrected chi connectivity index (χ2v) is 8.12. The lowest BCUT2D eigenvalue weighted by Crippen LogP contribution is -2.41. The molecule has 2 aliphatic rings. The van der Waals surface area contributed by atoms with Crippen molar-refractivity contribution in [2.45, 2.75) is 38.3 Å². The summed E-state index contributed by atoms with van der Waals surface area (Å²) in [5.74, 6) is -0.185. The summed E-state index contributed by atoms with van der Waals surface area (Å²) in [6.07, 6.45) is 6.98. The maximum absolute atomic E-state index is 13.0. The van der Waals surface area contributed by atoms with Crippen LogP contribution in [0.5, 0.6) is 0 Å². The fraction of sp³-hybridized carbons (Fsp3) is 0.526. The van der Waals surface area contributed by atoms with Gasteiger partial charge in [-0.25, -0.2) is 9.37 Å². The molecule has 25 heavy (non-hydrogen) atoms. The zero-order chi connectivity index (χ0) is 17.1. The zero-order valence-corrected chi connectivity index (χ0v) is 15.3. The smallest absolute Gasteiger partial charge is 0.185 e. The third-order valence-electron chi connectivity index (χ3n) is 5.02. The number of aromatic nitrogens is 1. The van der Waals surface area contributed by atoms with Crippen molar-refractivity contribution in [2.24, 2.45) is 0 Å². The quantitative estimate of drug-likeness (QED) is 0.875. The number of benzene rings is 1. The van der Waals surface area contributed by atoms with E-state index in [-0.39, 0.29) is 5.82 Å². The summed E-state index contributed by atoms with van der Waals surface area (Å²) in [5.41, 5.74) is 1.00. The Labute approximate surface area is 152 Å². The molecule has 4 rings (SSSR count). The number of nitrogens with zero attached hydrogens (tertiary/aromatic N) is 3. The monoisotopic (exact) mass is 360 g/mol. The number of thiazole rings is 1. The first-order valence-electron chi connectivity index (χ1n) is 9.20. The highest BCUT2D eigenvalue weighted by Crippen LogP contribution is 2.27. The Morgan fingerprint density at radius 1 is 1.12 bits per heavy atom. The van der Waals surface area contributed by atoms with Gasteiger partial charge in [0.25, 0.3) is 0 Å². The van der Waals surface area contributed by atoms with Crippen molar-refractivity contribution in [3.63, 3.8) is 0 Å². The van der Waals surface area contributed by atoms with Gasteiger partial charge in [0.1, 0.15) is 5.82 Å². The molecule has 0 amide bonds. The molecular formula is C19H25FN4S. The average molecular weight is 361 g/mol. The summed E-state index contributed by atoms with van der Waals surface area (Å²) in [5, 5.41) is 4.73. The molecule has 2 saturated heterocycles. The molecule has 0 aliphatic carbocycles. The number of piperidine rings is 1. The Hall–Kier alpha value is -1.66. The van der Waals surface area contributed by atoms with Gasteiger partial charge in [-0.05, 0) is 56.5 Å². The first-order chi connectivity index (χ1) is 12.3. The Balaban J connectivity index is 1.32. The molecule has 1 atom stereocenters. The Morgan fingerprint density at radius 2 is 1.92 bits per heavy atom. The van der Waals surface area contributed by atoms with Crippen LogP contribution in [-0.4, -0.2) is 42.1 Å². The molecule has 1 aromatic heterocycles. The largest absolute Gasteiger partial charge is 0.381 e. The van der Waals surface area contributed by atoms with Crippen LogP contribution < -0.4 is 10.2 Å². The van der Waals surface area contributed by atoms with Crippen molar-refractivity contribution >= 4 is 22.2 Å². The van der Waals surface area contributed by atoms with Crippen molar-refractivity contribution in [3.05, 3.63) is 41.2 Å². The molecule has 3 heterocycles. The minimum atomic E-state index is -0.185. The van der Waals surface area contributed by atoms with Gasteiger partial charge in [-0.2, -0.15) is 0 Å². The molecule has 0 bridgehead atoms. The van der Waals surface area contributed by atoms with Crippen molar-refractivity contribution in [3.8, 4) is 0 Å².